The van der Waals surface area contributed by atoms with Crippen molar-refractivity contribution in [3.05, 3.63) is 29.3 Å². The van der Waals surface area contributed by atoms with Crippen molar-refractivity contribution in [1.29, 1.82) is 0 Å². The number of rotatable bonds is 5. The number of carbonyl (C=O) groups excluding carboxylic acids is 1. The third-order valence-electron chi connectivity index (χ3n) is 4.10. The fourth-order valence-corrected chi connectivity index (χ4v) is 4.69. The molecule has 0 aromatic heterocycles. The summed E-state index contributed by atoms with van der Waals surface area (Å²) in [4.78, 5) is 11.8. The number of benzene rings is 1. The Labute approximate surface area is 131 Å². The topological polar surface area (TPSA) is 89.7 Å². The minimum Gasteiger partial charge on any atom is -0.384 e. The molecule has 7 heteroatoms. The van der Waals surface area contributed by atoms with Gasteiger partial charge in [-0.15, -0.1) is 0 Å². The number of carbonyl (C=O) groups is 1. The summed E-state index contributed by atoms with van der Waals surface area (Å²) in [6.07, 6.45) is 0. The Morgan fingerprint density at radius 1 is 1.36 bits per heavy atom. The van der Waals surface area contributed by atoms with Crippen LogP contribution in [0.3, 0.4) is 0 Å². The number of nitrogens with two attached hydrogens (primary N) is 1. The van der Waals surface area contributed by atoms with Crippen LogP contribution >= 0.6 is 0 Å². The van der Waals surface area contributed by atoms with E-state index >= 15 is 0 Å². The molecule has 22 heavy (non-hydrogen) atoms. The summed E-state index contributed by atoms with van der Waals surface area (Å²) in [5.74, 6) is -1.20. The zero-order valence-electron chi connectivity index (χ0n) is 13.1. The maximum atomic E-state index is 12.8. The molecule has 2 rings (SSSR count). The number of primary amides is 1. The average molecular weight is 326 g/mol. The van der Waals surface area contributed by atoms with Crippen molar-refractivity contribution >= 4 is 15.9 Å². The molecule has 0 saturated carbocycles. The fraction of sp³-hybridized carbons (Fsp3) is 0.533. The van der Waals surface area contributed by atoms with Gasteiger partial charge in [0, 0.05) is 26.1 Å². The van der Waals surface area contributed by atoms with Gasteiger partial charge in [-0.1, -0.05) is 17.7 Å². The molecule has 2 N–H and O–H groups in total. The van der Waals surface area contributed by atoms with Crippen LogP contribution in [0.1, 0.15) is 11.1 Å². The average Bonchev–Trinajstić information content (AvgIpc) is 2.83. The first kappa shape index (κ1) is 16.9. The molecular formula is C15H22N2O4S. The van der Waals surface area contributed by atoms with Gasteiger partial charge >= 0.3 is 0 Å². The largest absolute Gasteiger partial charge is 0.384 e. The lowest BCUT2D eigenvalue weighted by Gasteiger charge is -2.18. The zero-order chi connectivity index (χ0) is 16.5. The predicted octanol–water partition coefficient (Wildman–Crippen LogP) is 0.672. The normalized spacial score (nSPS) is 22.9. The lowest BCUT2D eigenvalue weighted by Crippen LogP contribution is -2.32. The van der Waals surface area contributed by atoms with Crippen LogP contribution < -0.4 is 5.73 Å². The highest BCUT2D eigenvalue weighted by Gasteiger charge is 2.42. The second kappa shape index (κ2) is 6.36. The van der Waals surface area contributed by atoms with Crippen molar-refractivity contribution in [1.82, 2.24) is 4.31 Å². The lowest BCUT2D eigenvalue weighted by atomic mass is 9.96. The Morgan fingerprint density at radius 3 is 2.59 bits per heavy atom. The van der Waals surface area contributed by atoms with E-state index in [9.17, 15) is 13.2 Å². The second-order valence-electron chi connectivity index (χ2n) is 5.82. The highest BCUT2D eigenvalue weighted by molar-refractivity contribution is 7.89. The summed E-state index contributed by atoms with van der Waals surface area (Å²) in [6, 6.07) is 5.22. The van der Waals surface area contributed by atoms with Gasteiger partial charge in [-0.25, -0.2) is 8.42 Å². The van der Waals surface area contributed by atoms with Gasteiger partial charge in [-0.2, -0.15) is 4.31 Å². The van der Waals surface area contributed by atoms with E-state index in [2.05, 4.69) is 0 Å². The maximum absolute atomic E-state index is 12.8. The number of aryl methyl sites for hydroxylation is 2. The molecule has 1 aromatic rings. The van der Waals surface area contributed by atoms with Gasteiger partial charge in [0.05, 0.1) is 17.4 Å². The van der Waals surface area contributed by atoms with E-state index in [0.29, 0.717) is 12.2 Å². The first-order valence-electron chi connectivity index (χ1n) is 7.13. The summed E-state index contributed by atoms with van der Waals surface area (Å²) < 4.78 is 32.1. The molecule has 1 heterocycles. The molecule has 0 spiro atoms. The number of amides is 1. The van der Waals surface area contributed by atoms with E-state index in [-0.39, 0.29) is 23.9 Å². The smallest absolute Gasteiger partial charge is 0.243 e. The van der Waals surface area contributed by atoms with Crippen molar-refractivity contribution in [2.75, 3.05) is 26.8 Å². The van der Waals surface area contributed by atoms with E-state index < -0.39 is 21.8 Å². The number of ether oxygens (including phenoxy) is 1. The lowest BCUT2D eigenvalue weighted by molar-refractivity contribution is -0.122. The molecule has 6 nitrogen and oxygen atoms in total. The van der Waals surface area contributed by atoms with Crippen molar-refractivity contribution in [2.45, 2.75) is 18.7 Å². The van der Waals surface area contributed by atoms with E-state index in [0.717, 1.165) is 5.56 Å². The van der Waals surface area contributed by atoms with Gasteiger partial charge in [-0.05, 0) is 25.5 Å². The van der Waals surface area contributed by atoms with Crippen molar-refractivity contribution in [2.24, 2.45) is 17.6 Å². The third kappa shape index (κ3) is 3.16. The molecule has 1 aliphatic rings. The Balaban J connectivity index is 2.32. The van der Waals surface area contributed by atoms with Crippen LogP contribution in [-0.4, -0.2) is 45.4 Å². The zero-order valence-corrected chi connectivity index (χ0v) is 13.9. The highest BCUT2D eigenvalue weighted by atomic mass is 32.2. The molecule has 1 aromatic carbocycles. The number of nitrogens with zero attached hydrogens (tertiary/aromatic N) is 1. The number of sulfonamides is 1. The van der Waals surface area contributed by atoms with Crippen LogP contribution in [-0.2, 0) is 19.6 Å². The fourth-order valence-electron chi connectivity index (χ4n) is 2.96. The molecule has 1 amide bonds. The van der Waals surface area contributed by atoms with Crippen LogP contribution in [0.25, 0.3) is 0 Å². The summed E-state index contributed by atoms with van der Waals surface area (Å²) >= 11 is 0. The molecule has 122 valence electrons. The van der Waals surface area contributed by atoms with Crippen LogP contribution in [0.2, 0.25) is 0 Å². The van der Waals surface area contributed by atoms with Crippen LogP contribution in [0.15, 0.2) is 23.1 Å². The first-order chi connectivity index (χ1) is 10.3. The Bertz CT molecular complexity index is 672. The Morgan fingerprint density at radius 2 is 2.05 bits per heavy atom. The molecule has 1 saturated heterocycles. The number of hydrogen-bond donors (Lipinski definition) is 1. The monoisotopic (exact) mass is 326 g/mol. The molecular weight excluding hydrogens is 304 g/mol. The molecule has 1 aliphatic heterocycles. The van der Waals surface area contributed by atoms with Gasteiger partial charge in [-0.3, -0.25) is 4.79 Å². The van der Waals surface area contributed by atoms with Crippen LogP contribution in [0, 0.1) is 25.7 Å². The van der Waals surface area contributed by atoms with E-state index in [4.69, 9.17) is 10.5 Å². The first-order valence-corrected chi connectivity index (χ1v) is 8.57. The SMILES string of the molecule is COC[C@@H]1CN(S(=O)(=O)c2ccc(C)cc2C)C[C@H]1C(N)=O. The highest BCUT2D eigenvalue weighted by Crippen LogP contribution is 2.30. The van der Waals surface area contributed by atoms with Gasteiger partial charge in [0.15, 0.2) is 0 Å². The standard InChI is InChI=1S/C15H22N2O4S/c1-10-4-5-14(11(2)6-10)22(19,20)17-7-12(9-21-3)13(8-17)15(16)18/h4-6,12-13H,7-9H2,1-3H3,(H2,16,18)/t12-,13+/m0/s1. The minimum absolute atomic E-state index is 0.110. The number of hydrogen-bond acceptors (Lipinski definition) is 4. The van der Waals surface area contributed by atoms with Crippen LogP contribution in [0.5, 0.6) is 0 Å². The summed E-state index contributed by atoms with van der Waals surface area (Å²) in [7, 11) is -2.11. The molecule has 0 radical (unpaired) electrons. The third-order valence-corrected chi connectivity index (χ3v) is 6.09. The van der Waals surface area contributed by atoms with Gasteiger partial charge in [0.2, 0.25) is 15.9 Å². The molecule has 0 aliphatic carbocycles. The minimum atomic E-state index is -3.63. The molecule has 0 bridgehead atoms. The predicted molar refractivity (Wildman–Crippen MR) is 82.7 cm³/mol. The molecule has 2 atom stereocenters. The van der Waals surface area contributed by atoms with Gasteiger partial charge < -0.3 is 10.5 Å². The van der Waals surface area contributed by atoms with E-state index in [1.165, 1.54) is 11.4 Å². The van der Waals surface area contributed by atoms with Crippen molar-refractivity contribution in [3.63, 3.8) is 0 Å². The Hall–Kier alpha value is -1.44. The summed E-state index contributed by atoms with van der Waals surface area (Å²) in [5.41, 5.74) is 7.10. The van der Waals surface area contributed by atoms with E-state index in [1.807, 2.05) is 13.0 Å². The summed E-state index contributed by atoms with van der Waals surface area (Å²) in [5, 5.41) is 0. The number of methoxy groups -OCH3 is 1. The van der Waals surface area contributed by atoms with Gasteiger partial charge in [0.1, 0.15) is 0 Å². The summed E-state index contributed by atoms with van der Waals surface area (Å²) in [6.45, 7) is 4.35. The maximum Gasteiger partial charge on any atom is 0.243 e. The molecule has 0 unspecified atom stereocenters. The van der Waals surface area contributed by atoms with E-state index in [1.54, 1.807) is 19.1 Å². The van der Waals surface area contributed by atoms with Crippen molar-refractivity contribution in [3.8, 4) is 0 Å². The van der Waals surface area contributed by atoms with Crippen LogP contribution in [0.4, 0.5) is 0 Å². The van der Waals surface area contributed by atoms with Gasteiger partial charge in [0.25, 0.3) is 0 Å². The quantitative estimate of drug-likeness (QED) is 0.861. The molecule has 1 fully saturated rings. The Kier molecular flexibility index (Phi) is 4.89. The van der Waals surface area contributed by atoms with Crippen molar-refractivity contribution < 1.29 is 17.9 Å². The second-order valence-corrected chi connectivity index (χ2v) is 7.72.